The lowest BCUT2D eigenvalue weighted by Crippen LogP contribution is -2.52. The molecule has 3 rings (SSSR count). The zero-order valence-corrected chi connectivity index (χ0v) is 17.1. The maximum atomic E-state index is 12.9. The summed E-state index contributed by atoms with van der Waals surface area (Å²) in [5.41, 5.74) is 1.17. The molecule has 0 unspecified atom stereocenters. The summed E-state index contributed by atoms with van der Waals surface area (Å²) in [5, 5.41) is 0. The second kappa shape index (κ2) is 9.28. The molecule has 2 heterocycles. The van der Waals surface area contributed by atoms with Crippen LogP contribution in [0, 0.1) is 5.92 Å². The fourth-order valence-corrected chi connectivity index (χ4v) is 4.09. The van der Waals surface area contributed by atoms with Crippen molar-refractivity contribution in [2.75, 3.05) is 53.5 Å². The molecular weight excluding hydrogens is 358 g/mol. The zero-order chi connectivity index (χ0) is 20.1. The Morgan fingerprint density at radius 1 is 1.00 bits per heavy atom. The first-order chi connectivity index (χ1) is 13.5. The van der Waals surface area contributed by atoms with E-state index in [1.54, 1.807) is 26.0 Å². The molecule has 0 radical (unpaired) electrons. The van der Waals surface area contributed by atoms with Gasteiger partial charge in [-0.05, 0) is 30.5 Å². The Hall–Kier alpha value is -2.28. The van der Waals surface area contributed by atoms with E-state index in [-0.39, 0.29) is 17.7 Å². The molecule has 1 aromatic rings. The normalized spacial score (nSPS) is 20.8. The number of piperazine rings is 1. The third-order valence-electron chi connectivity index (χ3n) is 5.75. The molecule has 0 spiro atoms. The van der Waals surface area contributed by atoms with Gasteiger partial charge in [-0.3, -0.25) is 14.5 Å². The van der Waals surface area contributed by atoms with E-state index in [1.165, 1.54) is 5.56 Å². The van der Waals surface area contributed by atoms with E-state index >= 15 is 0 Å². The van der Waals surface area contributed by atoms with E-state index in [0.717, 1.165) is 63.6 Å². The molecule has 2 aliphatic heterocycles. The summed E-state index contributed by atoms with van der Waals surface area (Å²) in [6, 6.07) is 5.99. The predicted octanol–water partition coefficient (Wildman–Crippen LogP) is 1.61. The van der Waals surface area contributed by atoms with Gasteiger partial charge in [-0.25, -0.2) is 0 Å². The van der Waals surface area contributed by atoms with Crippen LogP contribution in [0.25, 0.3) is 0 Å². The van der Waals surface area contributed by atoms with E-state index < -0.39 is 0 Å². The molecule has 0 aromatic heterocycles. The quantitative estimate of drug-likeness (QED) is 0.766. The fourth-order valence-electron chi connectivity index (χ4n) is 4.09. The number of nitrogens with zero attached hydrogens (tertiary/aromatic N) is 3. The van der Waals surface area contributed by atoms with Crippen molar-refractivity contribution in [3.05, 3.63) is 23.8 Å². The second-order valence-electron chi connectivity index (χ2n) is 7.59. The number of rotatable bonds is 5. The summed E-state index contributed by atoms with van der Waals surface area (Å²) in [6.07, 6.45) is 1.80. The highest BCUT2D eigenvalue weighted by atomic mass is 16.5. The van der Waals surface area contributed by atoms with E-state index in [0.29, 0.717) is 6.54 Å². The molecule has 7 nitrogen and oxygen atoms in total. The monoisotopic (exact) mass is 389 g/mol. The summed E-state index contributed by atoms with van der Waals surface area (Å²) < 4.78 is 10.7. The molecule has 154 valence electrons. The van der Waals surface area contributed by atoms with Crippen LogP contribution in [0.2, 0.25) is 0 Å². The molecule has 2 saturated heterocycles. The molecular formula is C21H31N3O4. The van der Waals surface area contributed by atoms with Gasteiger partial charge in [-0.15, -0.1) is 0 Å². The number of carbonyl (C=O) groups excluding carboxylic acids is 2. The summed E-state index contributed by atoms with van der Waals surface area (Å²) >= 11 is 0. The third-order valence-corrected chi connectivity index (χ3v) is 5.75. The molecule has 0 aliphatic carbocycles. The van der Waals surface area contributed by atoms with Gasteiger partial charge in [-0.1, -0.05) is 6.07 Å². The molecule has 0 bridgehead atoms. The molecule has 2 aliphatic rings. The van der Waals surface area contributed by atoms with Crippen LogP contribution in [0.5, 0.6) is 11.5 Å². The van der Waals surface area contributed by atoms with Crippen molar-refractivity contribution in [3.63, 3.8) is 0 Å². The second-order valence-corrected chi connectivity index (χ2v) is 7.59. The van der Waals surface area contributed by atoms with Crippen LogP contribution in [0.3, 0.4) is 0 Å². The number of benzene rings is 1. The minimum absolute atomic E-state index is 0.0463. The van der Waals surface area contributed by atoms with Crippen LogP contribution in [-0.2, 0) is 16.1 Å². The highest BCUT2D eigenvalue weighted by Crippen LogP contribution is 2.28. The standard InChI is InChI=1S/C21H31N3O4/c1-16(25)24-8-4-5-18(15-24)21(26)23-11-9-22(10-12-23)14-17-6-7-19(27-2)20(13-17)28-3/h6-7,13,18H,4-5,8-12,14-15H2,1-3H3/t18-/m1/s1. The van der Waals surface area contributed by atoms with E-state index in [4.69, 9.17) is 9.47 Å². The van der Waals surface area contributed by atoms with Crippen molar-refractivity contribution in [3.8, 4) is 11.5 Å². The maximum Gasteiger partial charge on any atom is 0.227 e. The van der Waals surface area contributed by atoms with Gasteiger partial charge < -0.3 is 19.3 Å². The molecule has 1 atom stereocenters. The summed E-state index contributed by atoms with van der Waals surface area (Å²) in [4.78, 5) is 30.6. The van der Waals surface area contributed by atoms with E-state index in [1.807, 2.05) is 17.0 Å². The average molecular weight is 389 g/mol. The van der Waals surface area contributed by atoms with Crippen LogP contribution in [0.15, 0.2) is 18.2 Å². The first-order valence-electron chi connectivity index (χ1n) is 9.99. The van der Waals surface area contributed by atoms with Crippen LogP contribution >= 0.6 is 0 Å². The van der Waals surface area contributed by atoms with Crippen molar-refractivity contribution >= 4 is 11.8 Å². The van der Waals surface area contributed by atoms with E-state index in [9.17, 15) is 9.59 Å². The van der Waals surface area contributed by atoms with E-state index in [2.05, 4.69) is 11.0 Å². The smallest absolute Gasteiger partial charge is 0.227 e. The summed E-state index contributed by atoms with van der Waals surface area (Å²) in [6.45, 7) is 6.93. The Morgan fingerprint density at radius 2 is 1.71 bits per heavy atom. The molecule has 1 aromatic carbocycles. The summed E-state index contributed by atoms with van der Waals surface area (Å²) in [7, 11) is 3.28. The minimum atomic E-state index is -0.0463. The van der Waals surface area contributed by atoms with Crippen molar-refractivity contribution in [2.45, 2.75) is 26.3 Å². The van der Waals surface area contributed by atoms with Gasteiger partial charge in [0.25, 0.3) is 0 Å². The van der Waals surface area contributed by atoms with Gasteiger partial charge >= 0.3 is 0 Å². The number of carbonyl (C=O) groups is 2. The van der Waals surface area contributed by atoms with Gasteiger partial charge in [0.1, 0.15) is 0 Å². The topological polar surface area (TPSA) is 62.3 Å². The third kappa shape index (κ3) is 4.76. The van der Waals surface area contributed by atoms with Crippen molar-refractivity contribution in [2.24, 2.45) is 5.92 Å². The largest absolute Gasteiger partial charge is 0.493 e. The van der Waals surface area contributed by atoms with Gasteiger partial charge in [0, 0.05) is 52.7 Å². The predicted molar refractivity (Wildman–Crippen MR) is 106 cm³/mol. The lowest BCUT2D eigenvalue weighted by molar-refractivity contribution is -0.141. The molecule has 0 N–H and O–H groups in total. The Kier molecular flexibility index (Phi) is 6.78. The van der Waals surface area contributed by atoms with Crippen LogP contribution in [0.4, 0.5) is 0 Å². The van der Waals surface area contributed by atoms with Gasteiger partial charge in [-0.2, -0.15) is 0 Å². The number of ether oxygens (including phenoxy) is 2. The highest BCUT2D eigenvalue weighted by molar-refractivity contribution is 5.81. The average Bonchev–Trinajstić information content (AvgIpc) is 2.73. The zero-order valence-electron chi connectivity index (χ0n) is 17.1. The lowest BCUT2D eigenvalue weighted by atomic mass is 9.96. The highest BCUT2D eigenvalue weighted by Gasteiger charge is 2.31. The Bertz CT molecular complexity index is 701. The van der Waals surface area contributed by atoms with Crippen LogP contribution < -0.4 is 9.47 Å². The number of likely N-dealkylation sites (tertiary alicyclic amines) is 1. The minimum Gasteiger partial charge on any atom is -0.493 e. The first kappa shape index (κ1) is 20.5. The molecule has 0 saturated carbocycles. The molecule has 28 heavy (non-hydrogen) atoms. The van der Waals surface area contributed by atoms with Crippen molar-refractivity contribution < 1.29 is 19.1 Å². The maximum absolute atomic E-state index is 12.9. The van der Waals surface area contributed by atoms with Gasteiger partial charge in [0.15, 0.2) is 11.5 Å². The number of hydrogen-bond acceptors (Lipinski definition) is 5. The van der Waals surface area contributed by atoms with Crippen LogP contribution in [-0.4, -0.2) is 80.0 Å². The molecule has 2 amide bonds. The number of amides is 2. The molecule has 7 heteroatoms. The van der Waals surface area contributed by atoms with Gasteiger partial charge in [0.05, 0.1) is 20.1 Å². The van der Waals surface area contributed by atoms with Crippen LogP contribution in [0.1, 0.15) is 25.3 Å². The Labute approximate surface area is 167 Å². The number of piperidine rings is 1. The number of hydrogen-bond donors (Lipinski definition) is 0. The van der Waals surface area contributed by atoms with Crippen molar-refractivity contribution in [1.29, 1.82) is 0 Å². The van der Waals surface area contributed by atoms with Crippen molar-refractivity contribution in [1.82, 2.24) is 14.7 Å². The lowest BCUT2D eigenvalue weighted by Gasteiger charge is -2.39. The first-order valence-corrected chi connectivity index (χ1v) is 9.99. The molecule has 2 fully saturated rings. The SMILES string of the molecule is COc1ccc(CN2CCN(C(=O)[C@@H]3CCCN(C(C)=O)C3)CC2)cc1OC. The Morgan fingerprint density at radius 3 is 2.36 bits per heavy atom. The number of methoxy groups -OCH3 is 2. The Balaban J connectivity index is 1.51. The fraction of sp³-hybridized carbons (Fsp3) is 0.619. The summed E-state index contributed by atoms with van der Waals surface area (Å²) in [5.74, 6) is 1.69. The van der Waals surface area contributed by atoms with Gasteiger partial charge in [0.2, 0.25) is 11.8 Å².